The molecule has 0 aliphatic carbocycles. The Balaban J connectivity index is 1.19. The van der Waals surface area contributed by atoms with E-state index in [-0.39, 0.29) is 0 Å². The highest BCUT2D eigenvalue weighted by Gasteiger charge is 2.30. The molecule has 0 spiro atoms. The average molecular weight is 439 g/mol. The third-order valence-corrected chi connectivity index (χ3v) is 7.91. The number of imidazole rings is 1. The van der Waals surface area contributed by atoms with Crippen LogP contribution in [0.2, 0.25) is 0 Å². The van der Waals surface area contributed by atoms with Crippen molar-refractivity contribution >= 4 is 5.57 Å². The van der Waals surface area contributed by atoms with Gasteiger partial charge in [0, 0.05) is 49.7 Å². The molecule has 6 rings (SSSR count). The maximum atomic E-state index is 4.81. The van der Waals surface area contributed by atoms with E-state index in [0.29, 0.717) is 12.1 Å². The predicted molar refractivity (Wildman–Crippen MR) is 134 cm³/mol. The first kappa shape index (κ1) is 20.9. The van der Waals surface area contributed by atoms with Crippen molar-refractivity contribution in [3.8, 4) is 0 Å². The lowest BCUT2D eigenvalue weighted by molar-refractivity contribution is 0.134. The number of likely N-dealkylation sites (tertiary alicyclic amines) is 1. The zero-order chi connectivity index (χ0) is 22.0. The molecular formula is C29H34N4. The lowest BCUT2D eigenvalue weighted by Crippen LogP contribution is -2.50. The van der Waals surface area contributed by atoms with Gasteiger partial charge in [-0.2, -0.15) is 0 Å². The monoisotopic (exact) mass is 438 g/mol. The van der Waals surface area contributed by atoms with Gasteiger partial charge in [-0.15, -0.1) is 0 Å². The molecule has 0 amide bonds. The maximum Gasteiger partial charge on any atom is 0.140 e. The van der Waals surface area contributed by atoms with Crippen LogP contribution in [-0.4, -0.2) is 46.2 Å². The van der Waals surface area contributed by atoms with E-state index >= 15 is 0 Å². The minimum Gasteiger partial charge on any atom is -0.331 e. The van der Waals surface area contributed by atoms with Gasteiger partial charge in [0.1, 0.15) is 5.82 Å². The number of benzene rings is 2. The second-order valence-electron chi connectivity index (χ2n) is 9.88. The molecule has 2 fully saturated rings. The normalized spacial score (nSPS) is 23.6. The minimum atomic E-state index is 0.590. The fourth-order valence-corrected chi connectivity index (χ4v) is 6.19. The molecule has 1 N–H and O–H groups in total. The van der Waals surface area contributed by atoms with Crippen LogP contribution in [0.25, 0.3) is 5.57 Å². The minimum absolute atomic E-state index is 0.590. The first-order chi connectivity index (χ1) is 16.3. The van der Waals surface area contributed by atoms with E-state index in [1.54, 1.807) is 5.57 Å². The predicted octanol–water partition coefficient (Wildman–Crippen LogP) is 4.70. The Hall–Kier alpha value is -2.69. The molecule has 4 heteroatoms. The number of hydrogen-bond donors (Lipinski definition) is 1. The third kappa shape index (κ3) is 4.30. The summed E-state index contributed by atoms with van der Waals surface area (Å²) in [6, 6.07) is 21.2. The van der Waals surface area contributed by atoms with Gasteiger partial charge in [0.05, 0.1) is 0 Å². The van der Waals surface area contributed by atoms with E-state index in [9.17, 15) is 0 Å². The lowest BCUT2D eigenvalue weighted by atomic mass is 9.88. The molecule has 2 saturated heterocycles. The quantitative estimate of drug-likeness (QED) is 0.643. The number of nitrogens with one attached hydrogen (secondary N) is 1. The molecule has 0 radical (unpaired) electrons. The van der Waals surface area contributed by atoms with E-state index in [1.807, 2.05) is 6.20 Å². The average Bonchev–Trinajstić information content (AvgIpc) is 3.27. The highest BCUT2D eigenvalue weighted by molar-refractivity contribution is 5.81. The number of piperidine rings is 2. The highest BCUT2D eigenvalue weighted by atomic mass is 15.2. The molecule has 4 nitrogen and oxygen atoms in total. The molecule has 1 aromatic heterocycles. The number of aryl methyl sites for hydroxylation is 2. The molecule has 3 aliphatic rings. The van der Waals surface area contributed by atoms with Crippen molar-refractivity contribution in [1.29, 1.82) is 0 Å². The van der Waals surface area contributed by atoms with E-state index < -0.39 is 0 Å². The zero-order valence-electron chi connectivity index (χ0n) is 19.4. The van der Waals surface area contributed by atoms with Gasteiger partial charge in [-0.25, -0.2) is 4.98 Å². The summed E-state index contributed by atoms with van der Waals surface area (Å²) in [6.07, 6.45) is 11.2. The molecule has 3 aliphatic heterocycles. The molecule has 0 saturated carbocycles. The second-order valence-corrected chi connectivity index (χ2v) is 9.88. The molecule has 3 aromatic rings. The van der Waals surface area contributed by atoms with Gasteiger partial charge in [0.25, 0.3) is 0 Å². The molecular weight excluding hydrogens is 404 g/mol. The summed E-state index contributed by atoms with van der Waals surface area (Å²) in [5.74, 6) is 1.17. The van der Waals surface area contributed by atoms with Gasteiger partial charge in [-0.05, 0) is 61.8 Å². The number of nitrogens with zero attached hydrogens (tertiary/aromatic N) is 3. The van der Waals surface area contributed by atoms with Crippen molar-refractivity contribution in [2.75, 3.05) is 19.6 Å². The van der Waals surface area contributed by atoms with Crippen molar-refractivity contribution in [2.24, 2.45) is 0 Å². The number of fused-ring (bicyclic) bond motifs is 2. The van der Waals surface area contributed by atoms with Crippen molar-refractivity contribution in [2.45, 2.75) is 57.2 Å². The summed E-state index contributed by atoms with van der Waals surface area (Å²) in [4.78, 5) is 7.59. The Morgan fingerprint density at radius 1 is 0.909 bits per heavy atom. The molecule has 2 aromatic carbocycles. The van der Waals surface area contributed by atoms with Crippen LogP contribution in [-0.2, 0) is 19.4 Å². The van der Waals surface area contributed by atoms with Gasteiger partial charge in [-0.3, -0.25) is 4.90 Å². The number of rotatable bonds is 3. The van der Waals surface area contributed by atoms with Crippen LogP contribution >= 0.6 is 0 Å². The molecule has 0 unspecified atom stereocenters. The Kier molecular flexibility index (Phi) is 5.87. The number of hydrogen-bond acceptors (Lipinski definition) is 3. The summed E-state index contributed by atoms with van der Waals surface area (Å²) in [5, 5.41) is 3.78. The van der Waals surface area contributed by atoms with Crippen LogP contribution in [0, 0.1) is 0 Å². The van der Waals surface area contributed by atoms with Crippen LogP contribution in [0.5, 0.6) is 0 Å². The van der Waals surface area contributed by atoms with E-state index in [1.165, 1.54) is 54.0 Å². The molecule has 33 heavy (non-hydrogen) atoms. The summed E-state index contributed by atoms with van der Waals surface area (Å²) < 4.78 is 2.36. The van der Waals surface area contributed by atoms with E-state index in [0.717, 1.165) is 38.8 Å². The SMILES string of the molecule is c1ccc(C[C@H]2C[C@H](N3CCC(=C4c5ccccc5CCn5ccnc54)CC3)CCN2)cc1. The summed E-state index contributed by atoms with van der Waals surface area (Å²) in [6.45, 7) is 4.50. The van der Waals surface area contributed by atoms with Gasteiger partial charge in [0.2, 0.25) is 0 Å². The van der Waals surface area contributed by atoms with E-state index in [2.05, 4.69) is 75.6 Å². The molecule has 0 bridgehead atoms. The van der Waals surface area contributed by atoms with Gasteiger partial charge >= 0.3 is 0 Å². The molecule has 2 atom stereocenters. The Morgan fingerprint density at radius 3 is 2.61 bits per heavy atom. The van der Waals surface area contributed by atoms with Crippen LogP contribution < -0.4 is 5.32 Å². The highest BCUT2D eigenvalue weighted by Crippen LogP contribution is 2.36. The standard InChI is InChI=1S/C29H34N4/c1-2-6-22(7-3-1)20-25-21-26(10-14-30-25)32-16-12-24(13-17-32)28-27-9-5-4-8-23(27)11-18-33-19-15-31-29(28)33/h1-9,15,19,25-26,30H,10-14,16-18,20-21H2/t25-,26+/m0/s1. The lowest BCUT2D eigenvalue weighted by Gasteiger charge is -2.41. The van der Waals surface area contributed by atoms with Crippen molar-refractivity contribution < 1.29 is 0 Å². The Labute approximate surface area is 197 Å². The summed E-state index contributed by atoms with van der Waals surface area (Å²) >= 11 is 0. The van der Waals surface area contributed by atoms with Gasteiger partial charge in [0.15, 0.2) is 0 Å². The fraction of sp³-hybridized carbons (Fsp3) is 0.414. The van der Waals surface area contributed by atoms with Crippen molar-refractivity contribution in [1.82, 2.24) is 19.8 Å². The topological polar surface area (TPSA) is 33.1 Å². The largest absolute Gasteiger partial charge is 0.331 e. The maximum absolute atomic E-state index is 4.81. The summed E-state index contributed by atoms with van der Waals surface area (Å²) in [7, 11) is 0. The fourth-order valence-electron chi connectivity index (χ4n) is 6.19. The van der Waals surface area contributed by atoms with Gasteiger partial charge in [-0.1, -0.05) is 60.2 Å². The Bertz CT molecular complexity index is 1120. The first-order valence-electron chi connectivity index (χ1n) is 12.7. The van der Waals surface area contributed by atoms with Crippen LogP contribution in [0.1, 0.15) is 48.2 Å². The smallest absolute Gasteiger partial charge is 0.140 e. The van der Waals surface area contributed by atoms with Crippen LogP contribution in [0.15, 0.2) is 72.6 Å². The molecule has 170 valence electrons. The first-order valence-corrected chi connectivity index (χ1v) is 12.7. The van der Waals surface area contributed by atoms with Gasteiger partial charge < -0.3 is 9.88 Å². The van der Waals surface area contributed by atoms with Crippen LogP contribution in [0.3, 0.4) is 0 Å². The Morgan fingerprint density at radius 2 is 1.73 bits per heavy atom. The zero-order valence-corrected chi connectivity index (χ0v) is 19.4. The van der Waals surface area contributed by atoms with Crippen molar-refractivity contribution in [3.63, 3.8) is 0 Å². The number of aromatic nitrogens is 2. The molecule has 4 heterocycles. The third-order valence-electron chi connectivity index (χ3n) is 7.91. The van der Waals surface area contributed by atoms with E-state index in [4.69, 9.17) is 4.98 Å². The van der Waals surface area contributed by atoms with Crippen LogP contribution in [0.4, 0.5) is 0 Å². The summed E-state index contributed by atoms with van der Waals surface area (Å²) in [5.41, 5.74) is 7.34. The second kappa shape index (κ2) is 9.28. The van der Waals surface area contributed by atoms with Crippen molar-refractivity contribution in [3.05, 3.63) is 95.1 Å².